The van der Waals surface area contributed by atoms with Crippen LogP contribution in [0, 0.1) is 6.92 Å². The molecule has 0 aliphatic rings. The summed E-state index contributed by atoms with van der Waals surface area (Å²) in [4.78, 5) is 27.1. The van der Waals surface area contributed by atoms with Crippen LogP contribution in [-0.2, 0) is 4.79 Å². The summed E-state index contributed by atoms with van der Waals surface area (Å²) in [6.45, 7) is 2.38. The molecule has 0 unspecified atom stereocenters. The molecule has 0 radical (unpaired) electrons. The summed E-state index contributed by atoms with van der Waals surface area (Å²) < 4.78 is 0. The Bertz CT molecular complexity index is 684. The summed E-state index contributed by atoms with van der Waals surface area (Å²) in [6.07, 6.45) is 3.06. The van der Waals surface area contributed by atoms with Gasteiger partial charge in [-0.2, -0.15) is 0 Å². The first-order chi connectivity index (χ1) is 11.1. The van der Waals surface area contributed by atoms with Crippen LogP contribution in [0.5, 0.6) is 0 Å². The number of hydrogen-bond acceptors (Lipinski definition) is 3. The van der Waals surface area contributed by atoms with E-state index in [0.717, 1.165) is 16.8 Å². The second-order valence-corrected chi connectivity index (χ2v) is 5.30. The minimum absolute atomic E-state index is 0.129. The summed E-state index contributed by atoms with van der Waals surface area (Å²) in [5.41, 5.74) is 3.27. The summed E-state index contributed by atoms with van der Waals surface area (Å²) >= 11 is 0. The van der Waals surface area contributed by atoms with Crippen molar-refractivity contribution >= 4 is 11.9 Å². The Labute approximate surface area is 135 Å². The van der Waals surface area contributed by atoms with Gasteiger partial charge in [-0.1, -0.05) is 18.2 Å². The van der Waals surface area contributed by atoms with E-state index in [-0.39, 0.29) is 12.3 Å². The number of hydrogen-bond donors (Lipinski definition) is 2. The van der Waals surface area contributed by atoms with Crippen LogP contribution in [0.3, 0.4) is 0 Å². The maximum absolute atomic E-state index is 12.3. The Morgan fingerprint density at radius 2 is 1.96 bits per heavy atom. The molecule has 2 aromatic rings. The fraction of sp³-hybridized carbons (Fsp3) is 0.278. The minimum atomic E-state index is -0.810. The molecule has 0 bridgehead atoms. The number of nitrogens with zero attached hydrogens (tertiary/aromatic N) is 1. The molecule has 0 fully saturated rings. The van der Waals surface area contributed by atoms with Crippen molar-refractivity contribution in [3.63, 3.8) is 0 Å². The third-order valence-electron chi connectivity index (χ3n) is 3.62. The predicted octanol–water partition coefficient (Wildman–Crippen LogP) is 3.04. The topological polar surface area (TPSA) is 79.3 Å². The molecular weight excluding hydrogens is 292 g/mol. The highest BCUT2D eigenvalue weighted by molar-refractivity contribution is 5.97. The van der Waals surface area contributed by atoms with E-state index in [9.17, 15) is 9.59 Å². The van der Waals surface area contributed by atoms with E-state index in [2.05, 4.69) is 10.3 Å². The van der Waals surface area contributed by atoms with Gasteiger partial charge in [-0.25, -0.2) is 0 Å². The number of carbonyl (C=O) groups excluding carboxylic acids is 1. The molecule has 1 aromatic carbocycles. The van der Waals surface area contributed by atoms with Gasteiger partial charge >= 0.3 is 5.97 Å². The molecule has 5 nitrogen and oxygen atoms in total. The Kier molecular flexibility index (Phi) is 5.86. The highest BCUT2D eigenvalue weighted by atomic mass is 16.4. The van der Waals surface area contributed by atoms with E-state index >= 15 is 0 Å². The van der Waals surface area contributed by atoms with Crippen molar-refractivity contribution in [2.24, 2.45) is 0 Å². The van der Waals surface area contributed by atoms with Gasteiger partial charge in [0.1, 0.15) is 0 Å². The van der Waals surface area contributed by atoms with E-state index in [4.69, 9.17) is 5.11 Å². The van der Waals surface area contributed by atoms with Crippen molar-refractivity contribution in [1.29, 1.82) is 0 Å². The average Bonchev–Trinajstić information content (AvgIpc) is 2.55. The molecule has 0 saturated carbocycles. The zero-order valence-corrected chi connectivity index (χ0v) is 13.1. The van der Waals surface area contributed by atoms with Gasteiger partial charge in [-0.05, 0) is 43.5 Å². The van der Waals surface area contributed by atoms with Gasteiger partial charge in [-0.15, -0.1) is 0 Å². The monoisotopic (exact) mass is 312 g/mol. The normalized spacial score (nSPS) is 10.3. The van der Waals surface area contributed by atoms with Crippen LogP contribution in [0.25, 0.3) is 11.3 Å². The van der Waals surface area contributed by atoms with Crippen molar-refractivity contribution in [2.45, 2.75) is 26.2 Å². The number of pyridine rings is 1. The fourth-order valence-electron chi connectivity index (χ4n) is 2.38. The molecule has 1 aromatic heterocycles. The number of benzene rings is 1. The Hall–Kier alpha value is -2.69. The molecule has 120 valence electrons. The van der Waals surface area contributed by atoms with Gasteiger partial charge in [0.2, 0.25) is 0 Å². The van der Waals surface area contributed by atoms with Gasteiger partial charge in [0.05, 0.1) is 5.69 Å². The van der Waals surface area contributed by atoms with E-state index < -0.39 is 5.97 Å². The van der Waals surface area contributed by atoms with E-state index in [1.807, 2.05) is 37.3 Å². The SMILES string of the molecule is Cc1c(C(=O)NCCCCC(=O)O)cccc1-c1ccccn1. The molecule has 2 rings (SSSR count). The Morgan fingerprint density at radius 3 is 2.65 bits per heavy atom. The third-order valence-corrected chi connectivity index (χ3v) is 3.62. The van der Waals surface area contributed by atoms with Crippen LogP contribution in [-0.4, -0.2) is 28.5 Å². The highest BCUT2D eigenvalue weighted by Gasteiger charge is 2.12. The van der Waals surface area contributed by atoms with Crippen molar-refractivity contribution in [3.05, 3.63) is 53.7 Å². The standard InChI is InChI=1S/C18H20N2O3/c1-13-14(16-9-2-4-11-19-16)7-6-8-15(13)18(23)20-12-5-3-10-17(21)22/h2,4,6-9,11H,3,5,10,12H2,1H3,(H,20,23)(H,21,22). The van der Waals surface area contributed by atoms with Crippen molar-refractivity contribution in [2.75, 3.05) is 6.54 Å². The number of carbonyl (C=O) groups is 2. The van der Waals surface area contributed by atoms with Gasteiger partial charge in [-0.3, -0.25) is 14.6 Å². The molecule has 0 atom stereocenters. The Morgan fingerprint density at radius 1 is 1.13 bits per heavy atom. The number of rotatable bonds is 7. The zero-order valence-electron chi connectivity index (χ0n) is 13.1. The van der Waals surface area contributed by atoms with Crippen LogP contribution < -0.4 is 5.32 Å². The quantitative estimate of drug-likeness (QED) is 0.770. The second-order valence-electron chi connectivity index (χ2n) is 5.30. The summed E-state index contributed by atoms with van der Waals surface area (Å²) in [7, 11) is 0. The van der Waals surface area contributed by atoms with Crippen LogP contribution in [0.15, 0.2) is 42.6 Å². The number of amides is 1. The summed E-state index contributed by atoms with van der Waals surface area (Å²) in [6, 6.07) is 11.3. The van der Waals surface area contributed by atoms with Crippen molar-refractivity contribution in [3.8, 4) is 11.3 Å². The van der Waals surface area contributed by atoms with E-state index in [1.54, 1.807) is 12.3 Å². The average molecular weight is 312 g/mol. The predicted molar refractivity (Wildman–Crippen MR) is 88.2 cm³/mol. The van der Waals surface area contributed by atoms with Gasteiger partial charge < -0.3 is 10.4 Å². The highest BCUT2D eigenvalue weighted by Crippen LogP contribution is 2.23. The van der Waals surface area contributed by atoms with Gasteiger partial charge in [0, 0.05) is 30.3 Å². The largest absolute Gasteiger partial charge is 0.481 e. The molecule has 0 saturated heterocycles. The summed E-state index contributed by atoms with van der Waals surface area (Å²) in [5.74, 6) is -0.953. The first kappa shape index (κ1) is 16.7. The Balaban J connectivity index is 2.02. The smallest absolute Gasteiger partial charge is 0.303 e. The number of nitrogens with one attached hydrogen (secondary N) is 1. The van der Waals surface area contributed by atoms with Crippen LogP contribution >= 0.6 is 0 Å². The number of carboxylic acid groups (broad SMARTS) is 1. The molecule has 0 spiro atoms. The molecular formula is C18H20N2O3. The first-order valence-corrected chi connectivity index (χ1v) is 7.60. The summed E-state index contributed by atoms with van der Waals surface area (Å²) in [5, 5.41) is 11.4. The number of aliphatic carboxylic acids is 1. The maximum atomic E-state index is 12.3. The second kappa shape index (κ2) is 8.08. The van der Waals surface area contributed by atoms with Crippen molar-refractivity contribution < 1.29 is 14.7 Å². The molecule has 2 N–H and O–H groups in total. The minimum Gasteiger partial charge on any atom is -0.481 e. The lowest BCUT2D eigenvalue weighted by atomic mass is 9.99. The van der Waals surface area contributed by atoms with Crippen LogP contribution in [0.1, 0.15) is 35.2 Å². The first-order valence-electron chi connectivity index (χ1n) is 7.60. The molecule has 1 amide bonds. The fourth-order valence-corrected chi connectivity index (χ4v) is 2.38. The van der Waals surface area contributed by atoms with E-state index in [1.165, 1.54) is 0 Å². The number of unbranched alkanes of at least 4 members (excludes halogenated alkanes) is 1. The molecule has 5 heteroatoms. The van der Waals surface area contributed by atoms with Gasteiger partial charge in [0.15, 0.2) is 0 Å². The zero-order chi connectivity index (χ0) is 16.7. The molecule has 0 aliphatic heterocycles. The lowest BCUT2D eigenvalue weighted by Crippen LogP contribution is -2.25. The van der Waals surface area contributed by atoms with Crippen LogP contribution in [0.4, 0.5) is 0 Å². The molecule has 23 heavy (non-hydrogen) atoms. The number of aromatic nitrogens is 1. The molecule has 0 aliphatic carbocycles. The number of carboxylic acids is 1. The molecule has 1 heterocycles. The van der Waals surface area contributed by atoms with Crippen molar-refractivity contribution in [1.82, 2.24) is 10.3 Å². The third kappa shape index (κ3) is 4.64. The maximum Gasteiger partial charge on any atom is 0.303 e. The van der Waals surface area contributed by atoms with Gasteiger partial charge in [0.25, 0.3) is 5.91 Å². The van der Waals surface area contributed by atoms with E-state index in [0.29, 0.717) is 24.9 Å². The lowest BCUT2D eigenvalue weighted by molar-refractivity contribution is -0.137. The van der Waals surface area contributed by atoms with Crippen LogP contribution in [0.2, 0.25) is 0 Å². The lowest BCUT2D eigenvalue weighted by Gasteiger charge is -2.11.